The summed E-state index contributed by atoms with van der Waals surface area (Å²) in [6.45, 7) is 0. The molecular formula is C34H40FeP2+2. The summed E-state index contributed by atoms with van der Waals surface area (Å²) in [6, 6.07) is 44.7. The quantitative estimate of drug-likeness (QED) is 0.167. The Kier molecular flexibility index (Phi) is 11.5. The Hall–Kier alpha value is -1.74. The van der Waals surface area contributed by atoms with Gasteiger partial charge in [-0.2, -0.15) is 0 Å². The van der Waals surface area contributed by atoms with Crippen molar-refractivity contribution < 1.29 is 17.1 Å². The van der Waals surface area contributed by atoms with Crippen LogP contribution in [0.1, 0.15) is 51.4 Å². The fourth-order valence-electron chi connectivity index (χ4n) is 6.18. The Labute approximate surface area is 237 Å². The van der Waals surface area contributed by atoms with Gasteiger partial charge in [-0.05, 0) is 99.9 Å². The fourth-order valence-corrected chi connectivity index (χ4v) is 12.9. The standard InChI is InChI=1S/2C17H19P.Fe/c2*1-3-9-15(10-4-1)18(17-13-7-8-14-17)16-11-5-2-6-12-16;/h2*1-6,9-12,17H,7-8,13-14H2;/p+2. The van der Waals surface area contributed by atoms with Gasteiger partial charge in [0.15, 0.2) is 0 Å². The molecule has 0 N–H and O–H groups in total. The van der Waals surface area contributed by atoms with Gasteiger partial charge in [-0.1, -0.05) is 72.8 Å². The van der Waals surface area contributed by atoms with E-state index in [-0.39, 0.29) is 17.1 Å². The Bertz CT molecular complexity index is 966. The molecule has 192 valence electrons. The van der Waals surface area contributed by atoms with Gasteiger partial charge in [-0.25, -0.2) is 0 Å². The van der Waals surface area contributed by atoms with E-state index < -0.39 is 15.8 Å². The molecule has 37 heavy (non-hydrogen) atoms. The van der Waals surface area contributed by atoms with Gasteiger partial charge in [0.05, 0.1) is 48.4 Å². The summed E-state index contributed by atoms with van der Waals surface area (Å²) >= 11 is 0. The average molecular weight is 566 g/mol. The Morgan fingerprint density at radius 2 is 0.568 bits per heavy atom. The van der Waals surface area contributed by atoms with Crippen LogP contribution in [0, 0.1) is 0 Å². The summed E-state index contributed by atoms with van der Waals surface area (Å²) in [5.41, 5.74) is 1.86. The van der Waals surface area contributed by atoms with Gasteiger partial charge < -0.3 is 0 Å². The minimum atomic E-state index is -0.577. The molecule has 0 aliphatic heterocycles. The van der Waals surface area contributed by atoms with E-state index in [0.717, 1.165) is 11.3 Å². The van der Waals surface area contributed by atoms with Gasteiger partial charge in [0, 0.05) is 17.1 Å². The molecule has 0 saturated heterocycles. The summed E-state index contributed by atoms with van der Waals surface area (Å²) in [5, 5.41) is 6.34. The first kappa shape index (κ1) is 28.3. The van der Waals surface area contributed by atoms with Crippen LogP contribution in [-0.4, -0.2) is 11.3 Å². The van der Waals surface area contributed by atoms with Crippen LogP contribution in [0.25, 0.3) is 0 Å². The van der Waals surface area contributed by atoms with Gasteiger partial charge >= 0.3 is 0 Å². The first-order valence-corrected chi connectivity index (χ1v) is 17.0. The van der Waals surface area contributed by atoms with Gasteiger partial charge in [-0.3, -0.25) is 0 Å². The van der Waals surface area contributed by atoms with Gasteiger partial charge in [0.1, 0.15) is 0 Å². The van der Waals surface area contributed by atoms with Crippen molar-refractivity contribution in [2.24, 2.45) is 0 Å². The first-order valence-electron chi connectivity index (χ1n) is 13.9. The summed E-state index contributed by atoms with van der Waals surface area (Å²) < 4.78 is 0. The van der Waals surface area contributed by atoms with Crippen molar-refractivity contribution in [1.29, 1.82) is 0 Å². The molecule has 2 aliphatic carbocycles. The van der Waals surface area contributed by atoms with Crippen LogP contribution in [0.15, 0.2) is 121 Å². The van der Waals surface area contributed by atoms with Crippen LogP contribution in [0.4, 0.5) is 0 Å². The zero-order valence-electron chi connectivity index (χ0n) is 21.7. The van der Waals surface area contributed by atoms with Crippen LogP contribution >= 0.6 is 15.8 Å². The monoisotopic (exact) mass is 566 g/mol. The minimum absolute atomic E-state index is 0. The summed E-state index contributed by atoms with van der Waals surface area (Å²) in [5.74, 6) is 0. The molecule has 2 saturated carbocycles. The van der Waals surface area contributed by atoms with E-state index in [0.29, 0.717) is 0 Å². The maximum Gasteiger partial charge on any atom is 0.0969 e. The topological polar surface area (TPSA) is 0 Å². The molecule has 4 aromatic carbocycles. The van der Waals surface area contributed by atoms with Crippen LogP contribution in [-0.2, 0) is 17.1 Å². The molecule has 0 unspecified atom stereocenters. The van der Waals surface area contributed by atoms with Crippen molar-refractivity contribution in [1.82, 2.24) is 0 Å². The van der Waals surface area contributed by atoms with E-state index in [9.17, 15) is 0 Å². The van der Waals surface area contributed by atoms with E-state index in [1.165, 1.54) is 51.4 Å². The molecule has 3 heteroatoms. The largest absolute Gasteiger partial charge is 0.0969 e. The third-order valence-electron chi connectivity index (χ3n) is 7.87. The van der Waals surface area contributed by atoms with Crippen molar-refractivity contribution in [2.75, 3.05) is 0 Å². The predicted molar refractivity (Wildman–Crippen MR) is 165 cm³/mol. The van der Waals surface area contributed by atoms with E-state index in [4.69, 9.17) is 0 Å². The van der Waals surface area contributed by atoms with Crippen molar-refractivity contribution in [2.45, 2.75) is 62.7 Å². The molecule has 4 aromatic rings. The normalized spacial score (nSPS) is 15.8. The predicted octanol–water partition coefficient (Wildman–Crippen LogP) is 7.59. The van der Waals surface area contributed by atoms with Crippen LogP contribution in [0.5, 0.6) is 0 Å². The number of benzene rings is 4. The molecule has 0 radical (unpaired) electrons. The summed E-state index contributed by atoms with van der Waals surface area (Å²) in [7, 11) is -1.15. The second-order valence-electron chi connectivity index (χ2n) is 10.3. The average Bonchev–Trinajstić information content (AvgIpc) is 3.68. The summed E-state index contributed by atoms with van der Waals surface area (Å²) in [4.78, 5) is 0. The maximum atomic E-state index is 2.33. The van der Waals surface area contributed by atoms with Crippen molar-refractivity contribution in [3.05, 3.63) is 121 Å². The molecule has 0 heterocycles. The number of hydrogen-bond donors (Lipinski definition) is 0. The molecule has 0 atom stereocenters. The number of rotatable bonds is 6. The van der Waals surface area contributed by atoms with Crippen LogP contribution in [0.3, 0.4) is 0 Å². The third kappa shape index (κ3) is 7.65. The second kappa shape index (κ2) is 15.0. The first-order chi connectivity index (χ1) is 17.9. The number of hydrogen-bond acceptors (Lipinski definition) is 0. The summed E-state index contributed by atoms with van der Waals surface area (Å²) in [6.07, 6.45) is 11.4. The minimum Gasteiger partial charge on any atom is -0.0620 e. The van der Waals surface area contributed by atoms with E-state index in [1.807, 2.05) is 0 Å². The van der Waals surface area contributed by atoms with Gasteiger partial charge in [0.2, 0.25) is 0 Å². The smallest absolute Gasteiger partial charge is 0.0620 e. The van der Waals surface area contributed by atoms with Gasteiger partial charge in [-0.15, -0.1) is 0 Å². The molecule has 0 amide bonds. The van der Waals surface area contributed by atoms with E-state index in [1.54, 1.807) is 21.2 Å². The molecule has 2 fully saturated rings. The van der Waals surface area contributed by atoms with E-state index >= 15 is 0 Å². The van der Waals surface area contributed by atoms with Crippen LogP contribution < -0.4 is 21.2 Å². The van der Waals surface area contributed by atoms with Crippen LogP contribution in [0.2, 0.25) is 0 Å². The fraction of sp³-hybridized carbons (Fsp3) is 0.294. The zero-order valence-corrected chi connectivity index (χ0v) is 24.8. The Balaban J connectivity index is 0.000000168. The van der Waals surface area contributed by atoms with E-state index in [2.05, 4.69) is 121 Å². The molecule has 0 nitrogen and oxygen atoms in total. The molecule has 2 aliphatic rings. The van der Waals surface area contributed by atoms with Crippen molar-refractivity contribution >= 4 is 37.1 Å². The molecule has 0 aromatic heterocycles. The second-order valence-corrected chi connectivity index (χ2v) is 15.9. The van der Waals surface area contributed by atoms with Gasteiger partial charge in [0.25, 0.3) is 0 Å². The molecule has 0 spiro atoms. The third-order valence-corrected chi connectivity index (χ3v) is 14.5. The van der Waals surface area contributed by atoms with Crippen molar-refractivity contribution in [3.8, 4) is 0 Å². The molecular weight excluding hydrogens is 526 g/mol. The molecule has 6 rings (SSSR count). The Morgan fingerprint density at radius 1 is 0.351 bits per heavy atom. The maximum absolute atomic E-state index is 2.33. The van der Waals surface area contributed by atoms with Crippen molar-refractivity contribution in [3.63, 3.8) is 0 Å². The molecule has 0 bridgehead atoms. The zero-order chi connectivity index (χ0) is 24.4. The Morgan fingerprint density at radius 3 is 0.784 bits per heavy atom. The SMILES string of the molecule is [Fe].c1ccc([PH+](c2ccccc2)C2CCCC2)cc1.c1ccc([PH+](c2ccccc2)C2CCCC2)cc1.